The van der Waals surface area contributed by atoms with Gasteiger partial charge < -0.3 is 15.0 Å². The van der Waals surface area contributed by atoms with E-state index in [-0.39, 0.29) is 18.5 Å². The summed E-state index contributed by atoms with van der Waals surface area (Å²) in [6.45, 7) is 1.20. The van der Waals surface area contributed by atoms with E-state index >= 15 is 0 Å². The number of fused-ring (bicyclic) bond motifs is 1. The number of hydrogen-bond acceptors (Lipinski definition) is 3. The highest BCUT2D eigenvalue weighted by atomic mass is 35.5. The lowest BCUT2D eigenvalue weighted by atomic mass is 10.1. The molecule has 1 fully saturated rings. The van der Waals surface area contributed by atoms with Gasteiger partial charge in [-0.2, -0.15) is 0 Å². The number of rotatable bonds is 4. The van der Waals surface area contributed by atoms with Gasteiger partial charge in [0.1, 0.15) is 5.69 Å². The van der Waals surface area contributed by atoms with Gasteiger partial charge in [-0.3, -0.25) is 14.5 Å². The summed E-state index contributed by atoms with van der Waals surface area (Å²) in [5.74, 6) is -0.975. The third-order valence-corrected chi connectivity index (χ3v) is 5.53. The predicted octanol–water partition coefficient (Wildman–Crippen LogP) is 3.49. The smallest absolute Gasteiger partial charge is 0.317 e. The van der Waals surface area contributed by atoms with Crippen LogP contribution in [0.1, 0.15) is 29.8 Å². The maximum absolute atomic E-state index is 13.0. The van der Waals surface area contributed by atoms with Crippen molar-refractivity contribution in [1.82, 2.24) is 14.8 Å². The molecule has 1 aromatic carbocycles. The van der Waals surface area contributed by atoms with Crippen molar-refractivity contribution in [3.8, 4) is 0 Å². The Balaban J connectivity index is 1.74. The monoisotopic (exact) mass is 397 g/mol. The number of halogens is 2. The van der Waals surface area contributed by atoms with E-state index in [9.17, 15) is 9.59 Å². The normalized spacial score (nSPS) is 18.3. The number of hydrogen-bond donors (Lipinski definition) is 2. The lowest BCUT2D eigenvalue weighted by molar-refractivity contribution is -0.138. The van der Waals surface area contributed by atoms with Crippen LogP contribution in [0.2, 0.25) is 10.0 Å². The van der Waals surface area contributed by atoms with Crippen LogP contribution in [0.15, 0.2) is 18.2 Å². The molecule has 0 spiro atoms. The van der Waals surface area contributed by atoms with Gasteiger partial charge >= 0.3 is 5.97 Å². The number of aromatic amines is 1. The SMILES string of the molecule is CN(CC(=O)O)C1CCCN(C(=O)c2[nH]c3ccc(Cl)cc3c2Cl)CC1. The molecule has 1 unspecified atom stereocenters. The first-order valence-corrected chi connectivity index (χ1v) is 9.30. The molecule has 140 valence electrons. The molecule has 26 heavy (non-hydrogen) atoms. The number of likely N-dealkylation sites (tertiary alicyclic amines) is 1. The predicted molar refractivity (Wildman–Crippen MR) is 102 cm³/mol. The van der Waals surface area contributed by atoms with Crippen LogP contribution in [0.25, 0.3) is 10.9 Å². The summed E-state index contributed by atoms with van der Waals surface area (Å²) < 4.78 is 0. The molecule has 1 atom stereocenters. The van der Waals surface area contributed by atoms with Crippen molar-refractivity contribution in [3.63, 3.8) is 0 Å². The number of carboxylic acid groups (broad SMARTS) is 1. The number of likely N-dealkylation sites (N-methyl/N-ethyl adjacent to an activating group) is 1. The lowest BCUT2D eigenvalue weighted by Gasteiger charge is -2.25. The molecule has 2 N–H and O–H groups in total. The molecule has 2 aromatic rings. The summed E-state index contributed by atoms with van der Waals surface area (Å²) in [4.78, 5) is 30.6. The Hall–Kier alpha value is -1.76. The zero-order valence-electron chi connectivity index (χ0n) is 14.5. The number of carbonyl (C=O) groups excluding carboxylic acids is 1. The van der Waals surface area contributed by atoms with Gasteiger partial charge in [-0.1, -0.05) is 23.2 Å². The number of nitrogens with one attached hydrogen (secondary N) is 1. The van der Waals surface area contributed by atoms with Crippen LogP contribution in [0.4, 0.5) is 0 Å². The number of nitrogens with zero attached hydrogens (tertiary/aromatic N) is 2. The molecule has 0 aliphatic carbocycles. The molecule has 0 radical (unpaired) electrons. The fourth-order valence-electron chi connectivity index (χ4n) is 3.50. The molecule has 0 bridgehead atoms. The zero-order chi connectivity index (χ0) is 18.8. The van der Waals surface area contributed by atoms with E-state index in [2.05, 4.69) is 4.98 Å². The first-order chi connectivity index (χ1) is 12.4. The highest BCUT2D eigenvalue weighted by Crippen LogP contribution is 2.31. The van der Waals surface area contributed by atoms with Gasteiger partial charge in [0, 0.05) is 35.1 Å². The summed E-state index contributed by atoms with van der Waals surface area (Å²) >= 11 is 12.4. The number of carboxylic acids is 1. The maximum Gasteiger partial charge on any atom is 0.317 e. The number of H-pyrrole nitrogens is 1. The van der Waals surface area contributed by atoms with E-state index in [4.69, 9.17) is 28.3 Å². The number of benzene rings is 1. The first-order valence-electron chi connectivity index (χ1n) is 8.55. The number of aromatic nitrogens is 1. The van der Waals surface area contributed by atoms with Crippen LogP contribution in [0.3, 0.4) is 0 Å². The summed E-state index contributed by atoms with van der Waals surface area (Å²) in [7, 11) is 1.81. The molecule has 1 saturated heterocycles. The minimum atomic E-state index is -0.840. The van der Waals surface area contributed by atoms with Gasteiger partial charge in [0.15, 0.2) is 0 Å². The topological polar surface area (TPSA) is 76.6 Å². The molecule has 8 heteroatoms. The fraction of sp³-hybridized carbons (Fsp3) is 0.444. The Bertz CT molecular complexity index is 836. The Labute approximate surface area is 161 Å². The van der Waals surface area contributed by atoms with Crippen LogP contribution in [0, 0.1) is 0 Å². The van der Waals surface area contributed by atoms with Gasteiger partial charge in [0.2, 0.25) is 0 Å². The van der Waals surface area contributed by atoms with Crippen molar-refractivity contribution in [2.45, 2.75) is 25.3 Å². The van der Waals surface area contributed by atoms with Crippen LogP contribution >= 0.6 is 23.2 Å². The molecule has 3 rings (SSSR count). The molecule has 0 saturated carbocycles. The molecule has 1 amide bonds. The van der Waals surface area contributed by atoms with Crippen LogP contribution in [-0.2, 0) is 4.79 Å². The number of carbonyl (C=O) groups is 2. The molecule has 1 aliphatic heterocycles. The number of aliphatic carboxylic acids is 1. The quantitative estimate of drug-likeness (QED) is 0.827. The maximum atomic E-state index is 13.0. The summed E-state index contributed by atoms with van der Waals surface area (Å²) in [6.07, 6.45) is 2.42. The Morgan fingerprint density at radius 3 is 2.81 bits per heavy atom. The van der Waals surface area contributed by atoms with E-state index in [0.717, 1.165) is 30.2 Å². The highest BCUT2D eigenvalue weighted by molar-refractivity contribution is 6.39. The van der Waals surface area contributed by atoms with Crippen molar-refractivity contribution in [3.05, 3.63) is 33.9 Å². The first kappa shape index (κ1) is 19.0. The van der Waals surface area contributed by atoms with Gasteiger partial charge in [-0.25, -0.2) is 0 Å². The summed E-state index contributed by atoms with van der Waals surface area (Å²) in [5.41, 5.74) is 1.15. The second-order valence-electron chi connectivity index (χ2n) is 6.69. The Kier molecular flexibility index (Phi) is 5.75. The third kappa shape index (κ3) is 3.98. The fourth-order valence-corrected chi connectivity index (χ4v) is 3.96. The van der Waals surface area contributed by atoms with Gasteiger partial charge in [0.05, 0.1) is 11.6 Å². The van der Waals surface area contributed by atoms with E-state index in [1.807, 2.05) is 11.9 Å². The van der Waals surface area contributed by atoms with Crippen molar-refractivity contribution in [2.75, 3.05) is 26.7 Å². The van der Waals surface area contributed by atoms with Crippen molar-refractivity contribution >= 4 is 46.0 Å². The molecular formula is C18H21Cl2N3O3. The Morgan fingerprint density at radius 1 is 1.31 bits per heavy atom. The highest BCUT2D eigenvalue weighted by Gasteiger charge is 2.27. The van der Waals surface area contributed by atoms with Gasteiger partial charge in [0.25, 0.3) is 5.91 Å². The molecule has 2 heterocycles. The van der Waals surface area contributed by atoms with E-state index in [1.54, 1.807) is 23.1 Å². The number of amides is 1. The van der Waals surface area contributed by atoms with Gasteiger partial charge in [-0.15, -0.1) is 0 Å². The lowest BCUT2D eigenvalue weighted by Crippen LogP contribution is -2.37. The van der Waals surface area contributed by atoms with Crippen molar-refractivity contribution in [2.24, 2.45) is 0 Å². The van der Waals surface area contributed by atoms with Crippen molar-refractivity contribution in [1.29, 1.82) is 0 Å². The zero-order valence-corrected chi connectivity index (χ0v) is 16.0. The second kappa shape index (κ2) is 7.86. The second-order valence-corrected chi connectivity index (χ2v) is 7.50. The van der Waals surface area contributed by atoms with Crippen molar-refractivity contribution < 1.29 is 14.7 Å². The summed E-state index contributed by atoms with van der Waals surface area (Å²) in [5, 5.41) is 10.6. The standard InChI is InChI=1S/C18H21Cl2N3O3/c1-22(10-15(24)25)12-3-2-7-23(8-6-12)18(26)17-16(20)13-9-11(19)4-5-14(13)21-17/h4-5,9,12,21H,2-3,6-8,10H2,1H3,(H,24,25). The van der Waals surface area contributed by atoms with Gasteiger partial charge in [-0.05, 0) is 44.5 Å². The minimum Gasteiger partial charge on any atom is -0.480 e. The van der Waals surface area contributed by atoms with Crippen LogP contribution in [-0.4, -0.2) is 64.5 Å². The molecule has 1 aromatic heterocycles. The summed E-state index contributed by atoms with van der Waals surface area (Å²) in [6, 6.07) is 5.45. The van der Waals surface area contributed by atoms with E-state index in [1.165, 1.54) is 0 Å². The van der Waals surface area contributed by atoms with E-state index < -0.39 is 5.97 Å². The van der Waals surface area contributed by atoms with Crippen LogP contribution in [0.5, 0.6) is 0 Å². The molecule has 6 nitrogen and oxygen atoms in total. The third-order valence-electron chi connectivity index (χ3n) is 4.90. The molecular weight excluding hydrogens is 377 g/mol. The average Bonchev–Trinajstić information content (AvgIpc) is 2.77. The Morgan fingerprint density at radius 2 is 2.08 bits per heavy atom. The molecule has 1 aliphatic rings. The largest absolute Gasteiger partial charge is 0.480 e. The average molecular weight is 398 g/mol. The van der Waals surface area contributed by atoms with Crippen LogP contribution < -0.4 is 0 Å². The minimum absolute atomic E-state index is 0.00716. The van der Waals surface area contributed by atoms with E-state index in [0.29, 0.717) is 28.8 Å².